The molecule has 1 N–H and O–H groups in total. The molecule has 80 valence electrons. The predicted octanol–water partition coefficient (Wildman–Crippen LogP) is 2.27. The Bertz CT molecular complexity index is 383. The van der Waals surface area contributed by atoms with Crippen LogP contribution in [0, 0.1) is 0 Å². The zero-order valence-corrected chi connectivity index (χ0v) is 9.21. The van der Waals surface area contributed by atoms with E-state index < -0.39 is 0 Å². The fraction of sp³-hybridized carbons (Fsp3) is 0.667. The SMILES string of the molecule is CCNc1nc(C2CC2)nc2c1CCC2. The van der Waals surface area contributed by atoms with Gasteiger partial charge in [0.25, 0.3) is 0 Å². The Balaban J connectivity index is 2.02. The summed E-state index contributed by atoms with van der Waals surface area (Å²) >= 11 is 0. The van der Waals surface area contributed by atoms with E-state index in [1.807, 2.05) is 0 Å². The molecule has 0 atom stereocenters. The topological polar surface area (TPSA) is 37.8 Å². The third kappa shape index (κ3) is 1.60. The summed E-state index contributed by atoms with van der Waals surface area (Å²) in [6.45, 7) is 3.08. The zero-order chi connectivity index (χ0) is 10.3. The minimum atomic E-state index is 0.660. The molecule has 0 aliphatic heterocycles. The van der Waals surface area contributed by atoms with Crippen LogP contribution >= 0.6 is 0 Å². The molecular formula is C12H17N3. The minimum Gasteiger partial charge on any atom is -0.370 e. The average Bonchev–Trinajstić information content (AvgIpc) is 2.98. The highest BCUT2D eigenvalue weighted by molar-refractivity contribution is 5.49. The molecule has 1 fully saturated rings. The largest absolute Gasteiger partial charge is 0.370 e. The highest BCUT2D eigenvalue weighted by atomic mass is 15.0. The first-order chi connectivity index (χ1) is 7.38. The van der Waals surface area contributed by atoms with Gasteiger partial charge in [-0.1, -0.05) is 0 Å². The van der Waals surface area contributed by atoms with Crippen molar-refractivity contribution in [2.45, 2.75) is 44.9 Å². The molecule has 0 unspecified atom stereocenters. The van der Waals surface area contributed by atoms with Crippen molar-refractivity contribution in [3.63, 3.8) is 0 Å². The molecule has 0 bridgehead atoms. The second kappa shape index (κ2) is 3.47. The van der Waals surface area contributed by atoms with Gasteiger partial charge in [-0.25, -0.2) is 9.97 Å². The third-order valence-electron chi connectivity index (χ3n) is 3.24. The fourth-order valence-electron chi connectivity index (χ4n) is 2.29. The number of aryl methyl sites for hydroxylation is 1. The van der Waals surface area contributed by atoms with Crippen LogP contribution in [0.1, 0.15) is 49.2 Å². The Morgan fingerprint density at radius 1 is 1.27 bits per heavy atom. The summed E-state index contributed by atoms with van der Waals surface area (Å²) in [5, 5.41) is 3.38. The van der Waals surface area contributed by atoms with Crippen molar-refractivity contribution >= 4 is 5.82 Å². The van der Waals surface area contributed by atoms with Crippen LogP contribution in [0.15, 0.2) is 0 Å². The number of aromatic nitrogens is 2. The second-order valence-electron chi connectivity index (χ2n) is 4.51. The molecule has 3 nitrogen and oxygen atoms in total. The minimum absolute atomic E-state index is 0.660. The molecule has 15 heavy (non-hydrogen) atoms. The van der Waals surface area contributed by atoms with Gasteiger partial charge in [-0.15, -0.1) is 0 Å². The van der Waals surface area contributed by atoms with Crippen molar-refractivity contribution in [2.75, 3.05) is 11.9 Å². The standard InChI is InChI=1S/C12H17N3/c1-2-13-12-9-4-3-5-10(9)14-11(15-12)8-6-7-8/h8H,2-7H2,1H3,(H,13,14,15). The molecule has 0 saturated heterocycles. The summed E-state index contributed by atoms with van der Waals surface area (Å²) in [4.78, 5) is 9.38. The van der Waals surface area contributed by atoms with Crippen LogP contribution in [0.5, 0.6) is 0 Å². The van der Waals surface area contributed by atoms with E-state index in [-0.39, 0.29) is 0 Å². The maximum Gasteiger partial charge on any atom is 0.134 e. The highest BCUT2D eigenvalue weighted by Gasteiger charge is 2.29. The van der Waals surface area contributed by atoms with E-state index in [4.69, 9.17) is 4.98 Å². The molecule has 1 aromatic rings. The van der Waals surface area contributed by atoms with Crippen LogP contribution in [0.3, 0.4) is 0 Å². The Kier molecular flexibility index (Phi) is 2.11. The number of nitrogens with one attached hydrogen (secondary N) is 1. The maximum absolute atomic E-state index is 4.71. The molecule has 2 aliphatic rings. The van der Waals surface area contributed by atoms with Crippen LogP contribution in [-0.2, 0) is 12.8 Å². The lowest BCUT2D eigenvalue weighted by atomic mass is 10.2. The van der Waals surface area contributed by atoms with Gasteiger partial charge in [-0.2, -0.15) is 0 Å². The number of rotatable bonds is 3. The van der Waals surface area contributed by atoms with Crippen molar-refractivity contribution in [3.05, 3.63) is 17.1 Å². The number of hydrogen-bond donors (Lipinski definition) is 1. The van der Waals surface area contributed by atoms with Crippen molar-refractivity contribution in [3.8, 4) is 0 Å². The maximum atomic E-state index is 4.71. The molecule has 0 amide bonds. The van der Waals surface area contributed by atoms with Gasteiger partial charge in [0.15, 0.2) is 0 Å². The summed E-state index contributed by atoms with van der Waals surface area (Å²) in [5.41, 5.74) is 2.68. The highest BCUT2D eigenvalue weighted by Crippen LogP contribution is 2.39. The van der Waals surface area contributed by atoms with Crippen LogP contribution in [-0.4, -0.2) is 16.5 Å². The Morgan fingerprint density at radius 2 is 2.13 bits per heavy atom. The first-order valence-electron chi connectivity index (χ1n) is 6.02. The lowest BCUT2D eigenvalue weighted by Crippen LogP contribution is -2.07. The number of anilines is 1. The van der Waals surface area contributed by atoms with Gasteiger partial charge < -0.3 is 5.32 Å². The van der Waals surface area contributed by atoms with E-state index >= 15 is 0 Å². The first kappa shape index (κ1) is 9.13. The van der Waals surface area contributed by atoms with E-state index in [1.165, 1.54) is 30.5 Å². The molecular weight excluding hydrogens is 186 g/mol. The summed E-state index contributed by atoms with van der Waals surface area (Å²) in [6, 6.07) is 0. The van der Waals surface area contributed by atoms with Crippen LogP contribution in [0.25, 0.3) is 0 Å². The van der Waals surface area contributed by atoms with E-state index in [2.05, 4.69) is 17.2 Å². The van der Waals surface area contributed by atoms with E-state index in [0.29, 0.717) is 5.92 Å². The summed E-state index contributed by atoms with van der Waals surface area (Å²) in [6.07, 6.45) is 6.11. The van der Waals surface area contributed by atoms with Crippen LogP contribution < -0.4 is 5.32 Å². The Hall–Kier alpha value is -1.12. The van der Waals surface area contributed by atoms with Gasteiger partial charge >= 0.3 is 0 Å². The predicted molar refractivity (Wildman–Crippen MR) is 60.2 cm³/mol. The van der Waals surface area contributed by atoms with E-state index in [0.717, 1.165) is 31.0 Å². The number of hydrogen-bond acceptors (Lipinski definition) is 3. The Morgan fingerprint density at radius 3 is 2.87 bits per heavy atom. The Labute approximate surface area is 90.3 Å². The summed E-state index contributed by atoms with van der Waals surface area (Å²) < 4.78 is 0. The van der Waals surface area contributed by atoms with Gasteiger partial charge in [0.2, 0.25) is 0 Å². The van der Waals surface area contributed by atoms with E-state index in [9.17, 15) is 0 Å². The van der Waals surface area contributed by atoms with Gasteiger partial charge in [0.05, 0.1) is 0 Å². The summed E-state index contributed by atoms with van der Waals surface area (Å²) in [5.74, 6) is 2.86. The quantitative estimate of drug-likeness (QED) is 0.819. The number of fused-ring (bicyclic) bond motifs is 1. The third-order valence-corrected chi connectivity index (χ3v) is 3.24. The lowest BCUT2D eigenvalue weighted by Gasteiger charge is -2.10. The van der Waals surface area contributed by atoms with Crippen LogP contribution in [0.2, 0.25) is 0 Å². The summed E-state index contributed by atoms with van der Waals surface area (Å²) in [7, 11) is 0. The van der Waals surface area contributed by atoms with Gasteiger partial charge in [-0.3, -0.25) is 0 Å². The normalized spacial score (nSPS) is 19.0. The van der Waals surface area contributed by atoms with E-state index in [1.54, 1.807) is 0 Å². The molecule has 0 radical (unpaired) electrons. The molecule has 1 aromatic heterocycles. The molecule has 1 heterocycles. The van der Waals surface area contributed by atoms with Gasteiger partial charge in [-0.05, 0) is 39.0 Å². The molecule has 3 rings (SSSR count). The van der Waals surface area contributed by atoms with Crippen molar-refractivity contribution in [1.82, 2.24) is 9.97 Å². The monoisotopic (exact) mass is 203 g/mol. The van der Waals surface area contributed by atoms with Gasteiger partial charge in [0, 0.05) is 23.7 Å². The second-order valence-corrected chi connectivity index (χ2v) is 4.51. The smallest absolute Gasteiger partial charge is 0.134 e. The molecule has 1 saturated carbocycles. The van der Waals surface area contributed by atoms with Crippen molar-refractivity contribution < 1.29 is 0 Å². The fourth-order valence-corrected chi connectivity index (χ4v) is 2.29. The molecule has 0 spiro atoms. The molecule has 0 aromatic carbocycles. The lowest BCUT2D eigenvalue weighted by molar-refractivity contribution is 0.871. The first-order valence-corrected chi connectivity index (χ1v) is 6.02. The van der Waals surface area contributed by atoms with Crippen LogP contribution in [0.4, 0.5) is 5.82 Å². The van der Waals surface area contributed by atoms with Crippen molar-refractivity contribution in [1.29, 1.82) is 0 Å². The average molecular weight is 203 g/mol. The van der Waals surface area contributed by atoms with Gasteiger partial charge in [0.1, 0.15) is 11.6 Å². The number of nitrogens with zero attached hydrogens (tertiary/aromatic N) is 2. The molecule has 2 aliphatic carbocycles. The van der Waals surface area contributed by atoms with Crippen molar-refractivity contribution in [2.24, 2.45) is 0 Å². The zero-order valence-electron chi connectivity index (χ0n) is 9.21. The molecule has 3 heteroatoms.